The van der Waals surface area contributed by atoms with Crippen molar-refractivity contribution in [1.29, 1.82) is 0 Å². The minimum Gasteiger partial charge on any atom is -0.369 e. The number of aromatic nitrogens is 3. The molecule has 6 rings (SSSR count). The Morgan fingerprint density at radius 3 is 2.54 bits per heavy atom. The van der Waals surface area contributed by atoms with Crippen LogP contribution in [0.4, 0.5) is 23.0 Å². The zero-order valence-electron chi connectivity index (χ0n) is 21.3. The summed E-state index contributed by atoms with van der Waals surface area (Å²) in [5.41, 5.74) is 7.75. The van der Waals surface area contributed by atoms with Crippen molar-refractivity contribution in [3.05, 3.63) is 73.2 Å². The molecule has 0 atom stereocenters. The molecule has 0 radical (unpaired) electrons. The molecule has 8 heteroatoms. The number of hydrogen-bond acceptors (Lipinski definition) is 8. The molecule has 2 aliphatic heterocycles. The third-order valence-corrected chi connectivity index (χ3v) is 7.99. The van der Waals surface area contributed by atoms with E-state index >= 15 is 0 Å². The van der Waals surface area contributed by atoms with Crippen molar-refractivity contribution >= 4 is 35.0 Å². The maximum Gasteiger partial charge on any atom is 0.227 e. The number of nitrogens with zero attached hydrogens (tertiary/aromatic N) is 6. The lowest BCUT2D eigenvalue weighted by Crippen LogP contribution is -2.44. The summed E-state index contributed by atoms with van der Waals surface area (Å²) in [6.45, 7) is 7.48. The van der Waals surface area contributed by atoms with Gasteiger partial charge in [-0.1, -0.05) is 19.1 Å². The SMILES string of the molecule is CCCN1Sc2cnc(Nc3ccc(N4CCN(C)CC4)cc3)nc2-c2cc(-c3cccnc3)ccc21. The molecule has 0 unspecified atom stereocenters. The Kier molecular flexibility index (Phi) is 6.68. The van der Waals surface area contributed by atoms with Gasteiger partial charge in [0.15, 0.2) is 0 Å². The molecule has 1 N–H and O–H groups in total. The Balaban J connectivity index is 1.29. The predicted molar refractivity (Wildman–Crippen MR) is 154 cm³/mol. The van der Waals surface area contributed by atoms with Crippen molar-refractivity contribution in [3.63, 3.8) is 0 Å². The van der Waals surface area contributed by atoms with Crippen LogP contribution in [0.25, 0.3) is 22.4 Å². The summed E-state index contributed by atoms with van der Waals surface area (Å²) in [5, 5.41) is 3.42. The lowest BCUT2D eigenvalue weighted by atomic mass is 10.0. The van der Waals surface area contributed by atoms with Gasteiger partial charge in [-0.25, -0.2) is 9.97 Å². The highest BCUT2D eigenvalue weighted by atomic mass is 32.2. The molecule has 2 aliphatic rings. The van der Waals surface area contributed by atoms with Crippen molar-refractivity contribution in [3.8, 4) is 22.4 Å². The average molecular weight is 510 g/mol. The van der Waals surface area contributed by atoms with Crippen LogP contribution in [0.2, 0.25) is 0 Å². The number of benzene rings is 2. The minimum absolute atomic E-state index is 0.605. The van der Waals surface area contributed by atoms with Crippen LogP contribution >= 0.6 is 11.9 Å². The number of hydrogen-bond donors (Lipinski definition) is 1. The van der Waals surface area contributed by atoms with Crippen LogP contribution in [0, 0.1) is 0 Å². The zero-order valence-corrected chi connectivity index (χ0v) is 22.1. The van der Waals surface area contributed by atoms with Crippen LogP contribution in [0.1, 0.15) is 13.3 Å². The Labute approximate surface area is 222 Å². The van der Waals surface area contributed by atoms with E-state index in [9.17, 15) is 0 Å². The normalized spacial score (nSPS) is 15.3. The van der Waals surface area contributed by atoms with Crippen LogP contribution in [-0.4, -0.2) is 59.6 Å². The van der Waals surface area contributed by atoms with E-state index in [-0.39, 0.29) is 0 Å². The van der Waals surface area contributed by atoms with E-state index in [2.05, 4.69) is 91.9 Å². The predicted octanol–water partition coefficient (Wildman–Crippen LogP) is 5.94. The Bertz CT molecular complexity index is 1370. The first kappa shape index (κ1) is 23.8. The van der Waals surface area contributed by atoms with E-state index in [1.807, 2.05) is 18.5 Å². The number of rotatable bonds is 6. The van der Waals surface area contributed by atoms with Gasteiger partial charge >= 0.3 is 0 Å². The highest BCUT2D eigenvalue weighted by molar-refractivity contribution is 8.00. The molecule has 4 heterocycles. The number of piperazine rings is 1. The summed E-state index contributed by atoms with van der Waals surface area (Å²) in [6, 6.07) is 19.3. The highest BCUT2D eigenvalue weighted by Crippen LogP contribution is 2.46. The maximum atomic E-state index is 5.00. The molecular formula is C29H31N7S. The average Bonchev–Trinajstić information content (AvgIpc) is 2.95. The Morgan fingerprint density at radius 2 is 1.78 bits per heavy atom. The van der Waals surface area contributed by atoms with Gasteiger partial charge in [0, 0.05) is 73.8 Å². The van der Waals surface area contributed by atoms with Gasteiger partial charge in [0.2, 0.25) is 5.95 Å². The van der Waals surface area contributed by atoms with Gasteiger partial charge in [0.25, 0.3) is 0 Å². The number of pyridine rings is 1. The standard InChI is InChI=1S/C29H31N7S/c1-3-13-36-26-11-6-21(22-5-4-12-30-19-22)18-25(26)28-27(37-36)20-31-29(33-28)32-23-7-9-24(10-8-23)35-16-14-34(2)15-17-35/h4-12,18-20H,3,13-17H2,1-2H3,(H,31,32,33). The molecule has 0 saturated carbocycles. The van der Waals surface area contributed by atoms with Crippen LogP contribution in [0.3, 0.4) is 0 Å². The van der Waals surface area contributed by atoms with E-state index < -0.39 is 0 Å². The molecule has 0 spiro atoms. The molecule has 2 aromatic heterocycles. The molecule has 188 valence electrons. The summed E-state index contributed by atoms with van der Waals surface area (Å²) in [5.74, 6) is 0.605. The minimum atomic E-state index is 0.605. The number of anilines is 4. The maximum absolute atomic E-state index is 5.00. The van der Waals surface area contributed by atoms with Gasteiger partial charge in [0.1, 0.15) is 0 Å². The highest BCUT2D eigenvalue weighted by Gasteiger charge is 2.25. The van der Waals surface area contributed by atoms with E-state index in [1.54, 1.807) is 18.1 Å². The second kappa shape index (κ2) is 10.4. The fraction of sp³-hybridized carbons (Fsp3) is 0.276. The molecular weight excluding hydrogens is 478 g/mol. The molecule has 1 fully saturated rings. The molecule has 7 nitrogen and oxygen atoms in total. The molecule has 0 amide bonds. The summed E-state index contributed by atoms with van der Waals surface area (Å²) in [4.78, 5) is 19.8. The number of likely N-dealkylation sites (N-methyl/N-ethyl adjacent to an activating group) is 1. The third-order valence-electron chi connectivity index (χ3n) is 6.90. The van der Waals surface area contributed by atoms with E-state index in [4.69, 9.17) is 4.98 Å². The summed E-state index contributed by atoms with van der Waals surface area (Å²) >= 11 is 1.72. The van der Waals surface area contributed by atoms with Crippen LogP contribution < -0.4 is 14.5 Å². The van der Waals surface area contributed by atoms with Crippen molar-refractivity contribution in [2.24, 2.45) is 0 Å². The molecule has 4 aromatic rings. The largest absolute Gasteiger partial charge is 0.369 e. The van der Waals surface area contributed by atoms with Gasteiger partial charge in [0.05, 0.1) is 16.3 Å². The van der Waals surface area contributed by atoms with Gasteiger partial charge in [-0.3, -0.25) is 4.98 Å². The first-order valence-corrected chi connectivity index (χ1v) is 13.6. The Hall–Kier alpha value is -3.62. The Morgan fingerprint density at radius 1 is 0.946 bits per heavy atom. The fourth-order valence-electron chi connectivity index (χ4n) is 4.83. The second-order valence-electron chi connectivity index (χ2n) is 9.54. The van der Waals surface area contributed by atoms with Crippen molar-refractivity contribution in [2.45, 2.75) is 18.2 Å². The molecule has 0 bridgehead atoms. The van der Waals surface area contributed by atoms with Gasteiger partial charge in [-0.2, -0.15) is 0 Å². The molecule has 2 aromatic carbocycles. The smallest absolute Gasteiger partial charge is 0.227 e. The summed E-state index contributed by atoms with van der Waals surface area (Å²) < 4.78 is 2.35. The second-order valence-corrected chi connectivity index (χ2v) is 10.6. The van der Waals surface area contributed by atoms with E-state index in [0.29, 0.717) is 5.95 Å². The fourth-order valence-corrected chi connectivity index (χ4v) is 5.94. The summed E-state index contributed by atoms with van der Waals surface area (Å²) in [6.07, 6.45) is 6.72. The van der Waals surface area contributed by atoms with E-state index in [1.165, 1.54) is 11.4 Å². The van der Waals surface area contributed by atoms with Gasteiger partial charge in [-0.05, 0) is 73.4 Å². The molecule has 0 aliphatic carbocycles. The topological polar surface area (TPSA) is 60.4 Å². The zero-order chi connectivity index (χ0) is 25.2. The first-order chi connectivity index (χ1) is 18.2. The van der Waals surface area contributed by atoms with Gasteiger partial charge in [-0.15, -0.1) is 0 Å². The first-order valence-electron chi connectivity index (χ1n) is 12.9. The van der Waals surface area contributed by atoms with E-state index in [0.717, 1.165) is 72.1 Å². The quantitative estimate of drug-likeness (QED) is 0.321. The lowest BCUT2D eigenvalue weighted by Gasteiger charge is -2.34. The number of fused-ring (bicyclic) bond motifs is 3. The van der Waals surface area contributed by atoms with Crippen LogP contribution in [-0.2, 0) is 0 Å². The summed E-state index contributed by atoms with van der Waals surface area (Å²) in [7, 11) is 2.18. The van der Waals surface area contributed by atoms with Crippen molar-refractivity contribution in [2.75, 3.05) is 54.3 Å². The number of nitrogens with one attached hydrogen (secondary N) is 1. The van der Waals surface area contributed by atoms with Crippen molar-refractivity contribution < 1.29 is 0 Å². The van der Waals surface area contributed by atoms with Crippen molar-refractivity contribution in [1.82, 2.24) is 19.9 Å². The molecule has 37 heavy (non-hydrogen) atoms. The third kappa shape index (κ3) is 4.99. The van der Waals surface area contributed by atoms with Crippen LogP contribution in [0.15, 0.2) is 78.1 Å². The molecule has 1 saturated heterocycles. The monoisotopic (exact) mass is 509 g/mol. The van der Waals surface area contributed by atoms with Crippen LogP contribution in [0.5, 0.6) is 0 Å². The van der Waals surface area contributed by atoms with Gasteiger partial charge < -0.3 is 19.4 Å². The lowest BCUT2D eigenvalue weighted by molar-refractivity contribution is 0.313.